The zero-order valence-corrected chi connectivity index (χ0v) is 17.9. The zero-order chi connectivity index (χ0) is 21.4. The minimum Gasteiger partial charge on any atom is -0.496 e. The Bertz CT molecular complexity index is 1220. The van der Waals surface area contributed by atoms with E-state index in [-0.39, 0.29) is 6.10 Å². The monoisotopic (exact) mass is 415 g/mol. The first-order valence-corrected chi connectivity index (χ1v) is 10.4. The summed E-state index contributed by atoms with van der Waals surface area (Å²) in [5.74, 6) is 0.784. The van der Waals surface area contributed by atoms with E-state index in [0.29, 0.717) is 6.61 Å². The number of fused-ring (bicyclic) bond motifs is 1. The molecule has 1 aliphatic heterocycles. The number of likely N-dealkylation sites (N-methyl/N-ethyl adjacent to an activating group) is 1. The highest BCUT2D eigenvalue weighted by atomic mass is 16.5. The van der Waals surface area contributed by atoms with E-state index >= 15 is 0 Å². The molecule has 31 heavy (non-hydrogen) atoms. The fourth-order valence-corrected chi connectivity index (χ4v) is 4.18. The lowest BCUT2D eigenvalue weighted by atomic mass is 9.99. The molecule has 0 unspecified atom stereocenters. The van der Waals surface area contributed by atoms with Crippen LogP contribution in [0.3, 0.4) is 0 Å². The van der Waals surface area contributed by atoms with E-state index in [1.807, 2.05) is 42.2 Å². The maximum absolute atomic E-state index is 6.09. The van der Waals surface area contributed by atoms with Gasteiger partial charge in [-0.15, -0.1) is 0 Å². The van der Waals surface area contributed by atoms with Gasteiger partial charge in [-0.3, -0.25) is 4.68 Å². The molecule has 0 amide bonds. The van der Waals surface area contributed by atoms with Crippen LogP contribution in [0, 0.1) is 0 Å². The molecule has 3 heterocycles. The van der Waals surface area contributed by atoms with Gasteiger partial charge in [-0.2, -0.15) is 5.10 Å². The van der Waals surface area contributed by atoms with Gasteiger partial charge < -0.3 is 14.4 Å². The Hall–Kier alpha value is -3.29. The minimum absolute atomic E-state index is 0.0614. The van der Waals surface area contributed by atoms with E-state index in [1.165, 1.54) is 0 Å². The summed E-state index contributed by atoms with van der Waals surface area (Å²) in [7, 11) is 5.73. The number of hydrogen-bond acceptors (Lipinski definition) is 6. The number of benzene rings is 2. The van der Waals surface area contributed by atoms with E-state index in [9.17, 15) is 0 Å². The summed E-state index contributed by atoms with van der Waals surface area (Å²) < 4.78 is 13.6. The lowest BCUT2D eigenvalue weighted by Gasteiger charge is -2.31. The molecule has 158 valence electrons. The first-order valence-electron chi connectivity index (χ1n) is 10.4. The molecule has 1 aliphatic rings. The van der Waals surface area contributed by atoms with Gasteiger partial charge in [-0.25, -0.2) is 9.97 Å². The van der Waals surface area contributed by atoms with Crippen LogP contribution in [0.25, 0.3) is 33.4 Å². The third kappa shape index (κ3) is 3.66. The van der Waals surface area contributed by atoms with Crippen molar-refractivity contribution in [1.29, 1.82) is 0 Å². The highest BCUT2D eigenvalue weighted by molar-refractivity contribution is 5.96. The summed E-state index contributed by atoms with van der Waals surface area (Å²) in [6.07, 6.45) is 3.55. The number of aromatic nitrogens is 4. The molecule has 0 spiro atoms. The predicted octanol–water partition coefficient (Wildman–Crippen LogP) is 3.71. The maximum Gasteiger partial charge on any atom is 0.126 e. The topological polar surface area (TPSA) is 65.3 Å². The summed E-state index contributed by atoms with van der Waals surface area (Å²) in [5.41, 5.74) is 5.62. The predicted molar refractivity (Wildman–Crippen MR) is 120 cm³/mol. The summed E-state index contributed by atoms with van der Waals surface area (Å²) in [6, 6.07) is 14.3. The zero-order valence-electron chi connectivity index (χ0n) is 17.9. The molecule has 4 aromatic rings. The fourth-order valence-electron chi connectivity index (χ4n) is 4.18. The molecular weight excluding hydrogens is 390 g/mol. The van der Waals surface area contributed by atoms with Gasteiger partial charge in [-0.05, 0) is 13.1 Å². The molecule has 2 aromatic heterocycles. The smallest absolute Gasteiger partial charge is 0.126 e. The van der Waals surface area contributed by atoms with Crippen LogP contribution in [0.4, 0.5) is 0 Å². The number of morpholine rings is 1. The van der Waals surface area contributed by atoms with Crippen LogP contribution >= 0.6 is 0 Å². The van der Waals surface area contributed by atoms with Crippen LogP contribution in [0.1, 0.15) is 11.7 Å². The Morgan fingerprint density at radius 1 is 1.06 bits per heavy atom. The number of rotatable bonds is 4. The summed E-state index contributed by atoms with van der Waals surface area (Å²) >= 11 is 0. The number of ether oxygens (including phenoxy) is 2. The second kappa shape index (κ2) is 8.09. The molecule has 0 bridgehead atoms. The van der Waals surface area contributed by atoms with Crippen molar-refractivity contribution in [2.75, 3.05) is 33.9 Å². The van der Waals surface area contributed by atoms with E-state index in [1.54, 1.807) is 13.4 Å². The standard InChI is InChI=1S/C24H25N5O2/c1-28-9-10-31-22(14-28)18-11-17-20(12-21(18)30-3)25-15-26-24(17)19-13-29(2)27-23(19)16-7-5-4-6-8-16/h4-8,11-13,15,22H,9-10,14H2,1-3H3/t22-/m0/s1. The maximum atomic E-state index is 6.09. The lowest BCUT2D eigenvalue weighted by Crippen LogP contribution is -2.35. The second-order valence-electron chi connectivity index (χ2n) is 7.89. The molecule has 2 aromatic carbocycles. The van der Waals surface area contributed by atoms with Crippen molar-refractivity contribution in [2.45, 2.75) is 6.10 Å². The van der Waals surface area contributed by atoms with Crippen molar-refractivity contribution in [2.24, 2.45) is 7.05 Å². The van der Waals surface area contributed by atoms with E-state index in [2.05, 4.69) is 40.1 Å². The first kappa shape index (κ1) is 19.7. The summed E-state index contributed by atoms with van der Waals surface area (Å²) in [4.78, 5) is 11.5. The Labute approximate surface area is 181 Å². The van der Waals surface area contributed by atoms with Crippen molar-refractivity contribution >= 4 is 10.9 Å². The second-order valence-corrected chi connectivity index (χ2v) is 7.89. The molecule has 0 N–H and O–H groups in total. The molecular formula is C24H25N5O2. The molecule has 5 rings (SSSR count). The number of methoxy groups -OCH3 is 1. The summed E-state index contributed by atoms with van der Waals surface area (Å²) in [5, 5.41) is 5.68. The summed E-state index contributed by atoms with van der Waals surface area (Å²) in [6.45, 7) is 2.44. The quantitative estimate of drug-likeness (QED) is 0.506. The van der Waals surface area contributed by atoms with Crippen molar-refractivity contribution in [3.05, 3.63) is 60.6 Å². The van der Waals surface area contributed by atoms with Gasteiger partial charge in [0.15, 0.2) is 0 Å². The van der Waals surface area contributed by atoms with Crippen molar-refractivity contribution in [1.82, 2.24) is 24.6 Å². The molecule has 7 heteroatoms. The van der Waals surface area contributed by atoms with Crippen LogP contribution in [-0.2, 0) is 11.8 Å². The van der Waals surface area contributed by atoms with Crippen molar-refractivity contribution in [3.63, 3.8) is 0 Å². The van der Waals surface area contributed by atoms with Gasteiger partial charge in [0.1, 0.15) is 17.8 Å². The van der Waals surface area contributed by atoms with Crippen LogP contribution in [-0.4, -0.2) is 58.5 Å². The first-order chi connectivity index (χ1) is 15.1. The van der Waals surface area contributed by atoms with Crippen LogP contribution in [0.2, 0.25) is 0 Å². The van der Waals surface area contributed by atoms with Gasteiger partial charge in [0.2, 0.25) is 0 Å². The minimum atomic E-state index is -0.0614. The molecule has 0 saturated carbocycles. The Kier molecular flexibility index (Phi) is 5.13. The molecule has 1 saturated heterocycles. The number of nitrogens with zero attached hydrogens (tertiary/aromatic N) is 5. The SMILES string of the molecule is COc1cc2ncnc(-c3cn(C)nc3-c3ccccc3)c2cc1[C@@H]1CN(C)CCO1. The average molecular weight is 415 g/mol. The van der Waals surface area contributed by atoms with Gasteiger partial charge in [0.25, 0.3) is 0 Å². The Morgan fingerprint density at radius 3 is 2.68 bits per heavy atom. The van der Waals surface area contributed by atoms with Crippen LogP contribution in [0.5, 0.6) is 5.75 Å². The fraction of sp³-hybridized carbons (Fsp3) is 0.292. The largest absolute Gasteiger partial charge is 0.496 e. The molecule has 7 nitrogen and oxygen atoms in total. The lowest BCUT2D eigenvalue weighted by molar-refractivity contribution is -0.0218. The normalized spacial score (nSPS) is 17.2. The van der Waals surface area contributed by atoms with Gasteiger partial charge in [-0.1, -0.05) is 30.3 Å². The van der Waals surface area contributed by atoms with Gasteiger partial charge in [0.05, 0.1) is 31.0 Å². The van der Waals surface area contributed by atoms with Crippen LogP contribution < -0.4 is 4.74 Å². The molecule has 1 atom stereocenters. The highest BCUT2D eigenvalue weighted by Gasteiger charge is 2.25. The molecule has 0 radical (unpaired) electrons. The number of hydrogen-bond donors (Lipinski definition) is 0. The molecule has 0 aliphatic carbocycles. The van der Waals surface area contributed by atoms with Crippen molar-refractivity contribution in [3.8, 4) is 28.3 Å². The van der Waals surface area contributed by atoms with E-state index in [0.717, 1.165) is 57.8 Å². The average Bonchev–Trinajstić information content (AvgIpc) is 3.19. The third-order valence-electron chi connectivity index (χ3n) is 5.73. The number of aryl methyl sites for hydroxylation is 1. The van der Waals surface area contributed by atoms with Gasteiger partial charge >= 0.3 is 0 Å². The third-order valence-corrected chi connectivity index (χ3v) is 5.73. The van der Waals surface area contributed by atoms with Gasteiger partial charge in [0, 0.05) is 54.5 Å². The Morgan fingerprint density at radius 2 is 1.90 bits per heavy atom. The molecule has 1 fully saturated rings. The highest BCUT2D eigenvalue weighted by Crippen LogP contribution is 2.38. The van der Waals surface area contributed by atoms with E-state index in [4.69, 9.17) is 14.6 Å². The van der Waals surface area contributed by atoms with Crippen LogP contribution in [0.15, 0.2) is 55.0 Å². The van der Waals surface area contributed by atoms with Crippen molar-refractivity contribution < 1.29 is 9.47 Å². The van der Waals surface area contributed by atoms with E-state index < -0.39 is 0 Å². The Balaban J connectivity index is 1.70.